The maximum Gasteiger partial charge on any atom is 0.524 e. The molecular weight excluding hydrogens is 730 g/mol. The molecule has 0 bridgehead atoms. The summed E-state index contributed by atoms with van der Waals surface area (Å²) in [5.74, 6) is -4.44. The zero-order valence-electron chi connectivity index (χ0n) is 27.0. The standard InChI is InChI=1S/C30H36N6O14P2/c31-20-3-1-2-19(12-20)16-48-30(41)36-25(14-18-6-10-22(11-7-18)50-52(45,46)47)29(40)35-24(28(39)34-23(27(33)38)15-26(32)37)13-17-4-8-21(9-5-17)49-51(42,43)44/h1-12,23-25H,13-16,31H2,(H2,32,37)(H2,33,38)(H,34,39)(H,35,40)(H,36,41)(H2,42,43,44)(H2,45,46,47). The van der Waals surface area contributed by atoms with Gasteiger partial charge in [0.25, 0.3) is 0 Å². The molecule has 0 spiro atoms. The van der Waals surface area contributed by atoms with Crippen molar-refractivity contribution >= 4 is 51.1 Å². The average molecular weight is 767 g/mol. The molecule has 3 rings (SSSR count). The van der Waals surface area contributed by atoms with Crippen LogP contribution in [0.25, 0.3) is 0 Å². The van der Waals surface area contributed by atoms with Crippen molar-refractivity contribution in [3.05, 3.63) is 89.5 Å². The molecule has 0 saturated heterocycles. The van der Waals surface area contributed by atoms with E-state index in [0.29, 0.717) is 22.4 Å². The number of primary amides is 2. The molecule has 3 unspecified atom stereocenters. The Morgan fingerprint density at radius 1 is 0.654 bits per heavy atom. The molecule has 0 heterocycles. The molecule has 0 aromatic heterocycles. The fourth-order valence-corrected chi connectivity index (χ4v) is 5.31. The second kappa shape index (κ2) is 18.1. The molecule has 0 aliphatic heterocycles. The number of hydrogen-bond donors (Lipinski definition) is 10. The van der Waals surface area contributed by atoms with Crippen LogP contribution in [-0.2, 0) is 52.5 Å². The first-order valence-corrected chi connectivity index (χ1v) is 18.0. The number of ether oxygens (including phenoxy) is 1. The number of nitrogens with one attached hydrogen (secondary N) is 3. The van der Waals surface area contributed by atoms with Gasteiger partial charge in [-0.25, -0.2) is 13.9 Å². The van der Waals surface area contributed by atoms with E-state index in [1.807, 2.05) is 0 Å². The molecule has 5 amide bonds. The Bertz CT molecular complexity index is 1850. The summed E-state index contributed by atoms with van der Waals surface area (Å²) in [7, 11) is -9.76. The van der Waals surface area contributed by atoms with E-state index < -0.39 is 69.9 Å². The second-order valence-electron chi connectivity index (χ2n) is 11.1. The van der Waals surface area contributed by atoms with E-state index in [9.17, 15) is 33.1 Å². The molecule has 3 atom stereocenters. The predicted octanol–water partition coefficient (Wildman–Crippen LogP) is -0.378. The van der Waals surface area contributed by atoms with Gasteiger partial charge in [-0.2, -0.15) is 0 Å². The maximum absolute atomic E-state index is 13.8. The molecule has 0 saturated carbocycles. The third kappa shape index (κ3) is 14.8. The summed E-state index contributed by atoms with van der Waals surface area (Å²) in [6.07, 6.45) is -2.29. The normalized spacial score (nSPS) is 13.1. The van der Waals surface area contributed by atoms with Crippen molar-refractivity contribution in [2.24, 2.45) is 11.5 Å². The lowest BCUT2D eigenvalue weighted by Gasteiger charge is -2.25. The number of carbonyl (C=O) groups is 5. The van der Waals surface area contributed by atoms with Gasteiger partial charge in [0.1, 0.15) is 36.2 Å². The largest absolute Gasteiger partial charge is 0.524 e. The Morgan fingerprint density at radius 3 is 1.54 bits per heavy atom. The summed E-state index contributed by atoms with van der Waals surface area (Å²) in [5.41, 5.74) is 17.9. The van der Waals surface area contributed by atoms with Gasteiger partial charge in [-0.15, -0.1) is 0 Å². The SMILES string of the molecule is NC(=O)CC(NC(=O)C(Cc1ccc(OP(=O)(O)O)cc1)NC(=O)C(Cc1ccc(OP(=O)(O)O)cc1)NC(=O)OCc1cccc(N)c1)C(N)=O. The molecule has 52 heavy (non-hydrogen) atoms. The smallest absolute Gasteiger partial charge is 0.445 e. The monoisotopic (exact) mass is 766 g/mol. The van der Waals surface area contributed by atoms with E-state index >= 15 is 0 Å². The number of benzene rings is 3. The highest BCUT2D eigenvalue weighted by Gasteiger charge is 2.31. The van der Waals surface area contributed by atoms with Crippen molar-refractivity contribution in [2.45, 2.75) is 44.0 Å². The van der Waals surface area contributed by atoms with Crippen LogP contribution in [0.3, 0.4) is 0 Å². The van der Waals surface area contributed by atoms with Crippen molar-refractivity contribution in [2.75, 3.05) is 5.73 Å². The maximum atomic E-state index is 13.8. The van der Waals surface area contributed by atoms with Crippen molar-refractivity contribution in [3.8, 4) is 11.5 Å². The zero-order valence-corrected chi connectivity index (χ0v) is 28.8. The minimum atomic E-state index is -4.89. The van der Waals surface area contributed by atoms with E-state index in [1.165, 1.54) is 48.5 Å². The summed E-state index contributed by atoms with van der Waals surface area (Å²) in [4.78, 5) is 99.9. The quantitative estimate of drug-likeness (QED) is 0.0583. The fourth-order valence-electron chi connectivity index (χ4n) is 4.52. The molecule has 22 heteroatoms. The highest BCUT2D eigenvalue weighted by molar-refractivity contribution is 7.47. The predicted molar refractivity (Wildman–Crippen MR) is 180 cm³/mol. The topological polar surface area (TPSA) is 342 Å². The highest BCUT2D eigenvalue weighted by Crippen LogP contribution is 2.38. The molecule has 20 nitrogen and oxygen atoms in total. The van der Waals surface area contributed by atoms with E-state index in [2.05, 4.69) is 25.0 Å². The summed E-state index contributed by atoms with van der Waals surface area (Å²) in [5, 5.41) is 7.14. The van der Waals surface area contributed by atoms with Gasteiger partial charge >= 0.3 is 21.7 Å². The number of phosphoric ester groups is 2. The third-order valence-electron chi connectivity index (χ3n) is 6.80. The van der Waals surface area contributed by atoms with Crippen LogP contribution in [0.1, 0.15) is 23.1 Å². The number of nitrogen functional groups attached to an aromatic ring is 1. The number of nitrogens with two attached hydrogens (primary N) is 3. The summed E-state index contributed by atoms with van der Waals surface area (Å²) in [6, 6.07) is 12.1. The summed E-state index contributed by atoms with van der Waals surface area (Å²) >= 11 is 0. The lowest BCUT2D eigenvalue weighted by molar-refractivity contribution is -0.133. The van der Waals surface area contributed by atoms with Crippen molar-refractivity contribution in [1.82, 2.24) is 16.0 Å². The van der Waals surface area contributed by atoms with Crippen LogP contribution in [-0.4, -0.2) is 67.4 Å². The van der Waals surface area contributed by atoms with Crippen LogP contribution in [0, 0.1) is 0 Å². The highest BCUT2D eigenvalue weighted by atomic mass is 31.2. The molecule has 3 aromatic rings. The number of amides is 5. The van der Waals surface area contributed by atoms with Gasteiger partial charge in [0.05, 0.1) is 6.42 Å². The Hall–Kier alpha value is -5.49. The minimum absolute atomic E-state index is 0.193. The molecule has 0 aliphatic rings. The van der Waals surface area contributed by atoms with Crippen LogP contribution >= 0.6 is 15.6 Å². The van der Waals surface area contributed by atoms with E-state index in [1.54, 1.807) is 24.3 Å². The number of alkyl carbamates (subject to hydrolysis) is 1. The minimum Gasteiger partial charge on any atom is -0.445 e. The molecule has 13 N–H and O–H groups in total. The van der Waals surface area contributed by atoms with Crippen molar-refractivity contribution in [3.63, 3.8) is 0 Å². The van der Waals surface area contributed by atoms with Gasteiger partial charge in [-0.05, 0) is 53.1 Å². The molecule has 0 fully saturated rings. The van der Waals surface area contributed by atoms with E-state index in [0.717, 1.165) is 0 Å². The second-order valence-corrected chi connectivity index (χ2v) is 13.4. The third-order valence-corrected chi connectivity index (χ3v) is 7.70. The number of anilines is 1. The van der Waals surface area contributed by atoms with Crippen molar-refractivity contribution in [1.29, 1.82) is 0 Å². The summed E-state index contributed by atoms with van der Waals surface area (Å²) < 4.78 is 36.7. The lowest BCUT2D eigenvalue weighted by Crippen LogP contribution is -2.57. The first-order valence-electron chi connectivity index (χ1n) is 14.9. The van der Waals surface area contributed by atoms with Gasteiger partial charge < -0.3 is 46.9 Å². The lowest BCUT2D eigenvalue weighted by atomic mass is 10.0. The first-order chi connectivity index (χ1) is 24.3. The molecule has 0 radical (unpaired) electrons. The van der Waals surface area contributed by atoms with E-state index in [4.69, 9.17) is 41.5 Å². The van der Waals surface area contributed by atoms with Gasteiger partial charge in [-0.1, -0.05) is 36.4 Å². The molecule has 0 aliphatic carbocycles. The Morgan fingerprint density at radius 2 is 1.12 bits per heavy atom. The number of rotatable bonds is 18. The van der Waals surface area contributed by atoms with Crippen molar-refractivity contribution < 1.29 is 66.5 Å². The fraction of sp³-hybridized carbons (Fsp3) is 0.233. The van der Waals surface area contributed by atoms with Gasteiger partial charge in [0, 0.05) is 18.5 Å². The number of carbonyl (C=O) groups excluding carboxylic acids is 5. The molecular formula is C30H36N6O14P2. The Kier molecular flexibility index (Phi) is 14.3. The number of phosphoric acid groups is 2. The first kappa shape index (κ1) is 40.9. The van der Waals surface area contributed by atoms with Crippen LogP contribution < -0.4 is 42.2 Å². The van der Waals surface area contributed by atoms with Crippen LogP contribution in [0.5, 0.6) is 11.5 Å². The summed E-state index contributed by atoms with van der Waals surface area (Å²) in [6.45, 7) is -0.235. The zero-order chi connectivity index (χ0) is 38.6. The van der Waals surface area contributed by atoms with Crippen LogP contribution in [0.15, 0.2) is 72.8 Å². The van der Waals surface area contributed by atoms with Gasteiger partial charge in [0.2, 0.25) is 23.6 Å². The Balaban J connectivity index is 1.90. The van der Waals surface area contributed by atoms with Gasteiger partial charge in [-0.3, -0.25) is 38.8 Å². The van der Waals surface area contributed by atoms with Crippen LogP contribution in [0.2, 0.25) is 0 Å². The molecule has 280 valence electrons. The molecule has 3 aromatic carbocycles. The van der Waals surface area contributed by atoms with Crippen LogP contribution in [0.4, 0.5) is 10.5 Å². The Labute approximate surface area is 295 Å². The van der Waals surface area contributed by atoms with E-state index in [-0.39, 0.29) is 30.9 Å². The van der Waals surface area contributed by atoms with Gasteiger partial charge in [0.15, 0.2) is 0 Å². The number of hydrogen-bond acceptors (Lipinski definition) is 11. The average Bonchev–Trinajstić information content (AvgIpc) is 3.03.